The zero-order valence-corrected chi connectivity index (χ0v) is 11.1. The minimum absolute atomic E-state index is 0.133. The summed E-state index contributed by atoms with van der Waals surface area (Å²) in [5, 5.41) is 9.23. The van der Waals surface area contributed by atoms with Crippen LogP contribution >= 0.6 is 7.60 Å². The van der Waals surface area contributed by atoms with Gasteiger partial charge in [0.1, 0.15) is 5.54 Å². The SMILES string of the molecule is NC(C(=O)O)(c1ccc(P(=O)(O)O)cc1)C1CCC1. The molecular formula is C12H16NO5P. The zero-order valence-electron chi connectivity index (χ0n) is 10.2. The predicted molar refractivity (Wildman–Crippen MR) is 69.0 cm³/mol. The van der Waals surface area contributed by atoms with Gasteiger partial charge in [0.15, 0.2) is 0 Å². The van der Waals surface area contributed by atoms with Gasteiger partial charge in [-0.2, -0.15) is 0 Å². The number of hydrogen-bond donors (Lipinski definition) is 4. The van der Waals surface area contributed by atoms with Gasteiger partial charge >= 0.3 is 13.6 Å². The highest BCUT2D eigenvalue weighted by Gasteiger charge is 2.46. The van der Waals surface area contributed by atoms with Gasteiger partial charge in [0, 0.05) is 0 Å². The molecular weight excluding hydrogens is 269 g/mol. The molecule has 0 heterocycles. The molecule has 1 saturated carbocycles. The Hall–Kier alpha value is -1.20. The fourth-order valence-electron chi connectivity index (χ4n) is 2.33. The van der Waals surface area contributed by atoms with Crippen LogP contribution in [-0.2, 0) is 14.9 Å². The van der Waals surface area contributed by atoms with Crippen LogP contribution in [0.25, 0.3) is 0 Å². The summed E-state index contributed by atoms with van der Waals surface area (Å²) in [5.41, 5.74) is 4.93. The molecule has 0 aliphatic heterocycles. The van der Waals surface area contributed by atoms with E-state index in [1.165, 1.54) is 24.3 Å². The maximum atomic E-state index is 11.5. The summed E-state index contributed by atoms with van der Waals surface area (Å²) in [6, 6.07) is 5.25. The third-order valence-corrected chi connectivity index (χ3v) is 4.76. The van der Waals surface area contributed by atoms with Crippen LogP contribution in [0.15, 0.2) is 24.3 Å². The van der Waals surface area contributed by atoms with Crippen LogP contribution in [0, 0.1) is 5.92 Å². The summed E-state index contributed by atoms with van der Waals surface area (Å²) < 4.78 is 11.1. The molecule has 0 bridgehead atoms. The molecule has 0 spiro atoms. The maximum absolute atomic E-state index is 11.5. The summed E-state index contributed by atoms with van der Waals surface area (Å²) in [7, 11) is -4.32. The van der Waals surface area contributed by atoms with E-state index in [2.05, 4.69) is 0 Å². The van der Waals surface area contributed by atoms with Gasteiger partial charge in [-0.15, -0.1) is 0 Å². The van der Waals surface area contributed by atoms with Crippen molar-refractivity contribution >= 4 is 18.9 Å². The van der Waals surface area contributed by atoms with E-state index in [-0.39, 0.29) is 11.2 Å². The minimum atomic E-state index is -4.32. The van der Waals surface area contributed by atoms with Crippen LogP contribution < -0.4 is 11.0 Å². The third kappa shape index (κ3) is 2.44. The molecule has 1 aromatic rings. The lowest BCUT2D eigenvalue weighted by molar-refractivity contribution is -0.147. The number of carbonyl (C=O) groups is 1. The summed E-state index contributed by atoms with van der Waals surface area (Å²) in [4.78, 5) is 29.5. The van der Waals surface area contributed by atoms with Crippen LogP contribution in [0.2, 0.25) is 0 Å². The number of aliphatic carboxylic acids is 1. The Labute approximate surface area is 110 Å². The van der Waals surface area contributed by atoms with Crippen molar-refractivity contribution in [1.29, 1.82) is 0 Å². The van der Waals surface area contributed by atoms with Gasteiger partial charge in [0.25, 0.3) is 0 Å². The number of carboxylic acids is 1. The standard InChI is InChI=1S/C12H16NO5P/c13-12(11(14)15,8-2-1-3-8)9-4-6-10(7-5-9)19(16,17)18/h4-8H,1-3,13H2,(H,14,15)(H2,16,17,18). The number of rotatable bonds is 4. The van der Waals surface area contributed by atoms with Crippen LogP contribution in [0.3, 0.4) is 0 Å². The van der Waals surface area contributed by atoms with Crippen molar-refractivity contribution in [2.45, 2.75) is 24.8 Å². The van der Waals surface area contributed by atoms with Crippen LogP contribution in [0.5, 0.6) is 0 Å². The van der Waals surface area contributed by atoms with Gasteiger partial charge < -0.3 is 20.6 Å². The second kappa shape index (κ2) is 4.72. The normalized spacial score (nSPS) is 19.5. The summed E-state index contributed by atoms with van der Waals surface area (Å²) in [5.74, 6) is -1.24. The van der Waals surface area contributed by atoms with E-state index >= 15 is 0 Å². The Balaban J connectivity index is 2.38. The summed E-state index contributed by atoms with van der Waals surface area (Å²) >= 11 is 0. The van der Waals surface area contributed by atoms with Crippen molar-refractivity contribution in [3.05, 3.63) is 29.8 Å². The Morgan fingerprint density at radius 3 is 2.11 bits per heavy atom. The van der Waals surface area contributed by atoms with E-state index in [1.807, 2.05) is 0 Å². The molecule has 6 nitrogen and oxygen atoms in total. The van der Waals surface area contributed by atoms with E-state index in [0.29, 0.717) is 5.56 Å². The van der Waals surface area contributed by atoms with Crippen molar-refractivity contribution in [2.24, 2.45) is 11.7 Å². The van der Waals surface area contributed by atoms with Gasteiger partial charge in [-0.1, -0.05) is 18.6 Å². The molecule has 1 aliphatic rings. The highest BCUT2D eigenvalue weighted by atomic mass is 31.2. The van der Waals surface area contributed by atoms with Gasteiger partial charge in [0.2, 0.25) is 0 Å². The Morgan fingerprint density at radius 2 is 1.79 bits per heavy atom. The van der Waals surface area contributed by atoms with Crippen LogP contribution in [-0.4, -0.2) is 20.9 Å². The topological polar surface area (TPSA) is 121 Å². The maximum Gasteiger partial charge on any atom is 0.356 e. The van der Waals surface area contributed by atoms with E-state index in [4.69, 9.17) is 15.5 Å². The van der Waals surface area contributed by atoms with Gasteiger partial charge in [-0.3, -0.25) is 4.57 Å². The first-order valence-corrected chi connectivity index (χ1v) is 7.56. The van der Waals surface area contributed by atoms with Crippen molar-refractivity contribution in [3.63, 3.8) is 0 Å². The molecule has 5 N–H and O–H groups in total. The molecule has 1 fully saturated rings. The third-order valence-electron chi connectivity index (χ3n) is 3.78. The van der Waals surface area contributed by atoms with Crippen molar-refractivity contribution in [3.8, 4) is 0 Å². The molecule has 0 saturated heterocycles. The van der Waals surface area contributed by atoms with Gasteiger partial charge in [-0.25, -0.2) is 4.79 Å². The quantitative estimate of drug-likeness (QED) is 0.599. The first-order chi connectivity index (χ1) is 8.76. The molecule has 1 aliphatic carbocycles. The van der Waals surface area contributed by atoms with Gasteiger partial charge in [-0.05, 0) is 36.5 Å². The second-order valence-corrected chi connectivity index (χ2v) is 6.50. The fraction of sp³-hybridized carbons (Fsp3) is 0.417. The van der Waals surface area contributed by atoms with Crippen molar-refractivity contribution in [1.82, 2.24) is 0 Å². The number of hydrogen-bond acceptors (Lipinski definition) is 3. The summed E-state index contributed by atoms with van der Waals surface area (Å²) in [6.45, 7) is 0. The average molecular weight is 285 g/mol. The molecule has 104 valence electrons. The van der Waals surface area contributed by atoms with E-state index in [1.54, 1.807) is 0 Å². The lowest BCUT2D eigenvalue weighted by atomic mass is 9.68. The van der Waals surface area contributed by atoms with E-state index in [9.17, 15) is 14.5 Å². The molecule has 7 heteroatoms. The summed E-state index contributed by atoms with van der Waals surface area (Å²) in [6.07, 6.45) is 2.46. The fourth-order valence-corrected chi connectivity index (χ4v) is 2.87. The van der Waals surface area contributed by atoms with E-state index < -0.39 is 19.1 Å². The molecule has 1 atom stereocenters. The monoisotopic (exact) mass is 285 g/mol. The molecule has 0 radical (unpaired) electrons. The lowest BCUT2D eigenvalue weighted by Gasteiger charge is -2.39. The van der Waals surface area contributed by atoms with Crippen LogP contribution in [0.4, 0.5) is 0 Å². The molecule has 19 heavy (non-hydrogen) atoms. The van der Waals surface area contributed by atoms with Crippen molar-refractivity contribution in [2.75, 3.05) is 0 Å². The van der Waals surface area contributed by atoms with Crippen molar-refractivity contribution < 1.29 is 24.3 Å². The first-order valence-electron chi connectivity index (χ1n) is 5.95. The highest BCUT2D eigenvalue weighted by Crippen LogP contribution is 2.41. The number of nitrogens with two attached hydrogens (primary N) is 1. The van der Waals surface area contributed by atoms with Gasteiger partial charge in [0.05, 0.1) is 5.30 Å². The molecule has 0 amide bonds. The minimum Gasteiger partial charge on any atom is -0.480 e. The Bertz CT molecular complexity index is 534. The van der Waals surface area contributed by atoms with E-state index in [0.717, 1.165) is 19.3 Å². The molecule has 1 unspecified atom stereocenters. The number of benzene rings is 1. The second-order valence-electron chi connectivity index (χ2n) is 4.89. The van der Waals surface area contributed by atoms with Crippen LogP contribution in [0.1, 0.15) is 24.8 Å². The molecule has 2 rings (SSSR count). The Morgan fingerprint density at radius 1 is 1.26 bits per heavy atom. The predicted octanol–water partition coefficient (Wildman–Crippen LogP) is 0.528. The first kappa shape index (κ1) is 14.2. The zero-order chi connectivity index (χ0) is 14.3. The smallest absolute Gasteiger partial charge is 0.356 e. The molecule has 0 aromatic heterocycles. The highest BCUT2D eigenvalue weighted by molar-refractivity contribution is 7.60. The lowest BCUT2D eigenvalue weighted by Crippen LogP contribution is -2.53. The average Bonchev–Trinajstić information content (AvgIpc) is 2.25. The number of carboxylic acid groups (broad SMARTS) is 1. The largest absolute Gasteiger partial charge is 0.480 e. The molecule has 1 aromatic carbocycles. The Kier molecular flexibility index (Phi) is 3.53.